The number of aryl methyl sites for hydroxylation is 1. The molecule has 8 N–H and O–H groups in total. The number of ether oxygens (including phenoxy) is 4. The van der Waals surface area contributed by atoms with Gasteiger partial charge < -0.3 is 46.8 Å². The van der Waals surface area contributed by atoms with Crippen LogP contribution in [-0.2, 0) is 19.1 Å². The van der Waals surface area contributed by atoms with Gasteiger partial charge >= 0.3 is 11.9 Å². The standard InChI is InChI=1S/C23H42N2.C16H20N2O6.C6H5ClN2O2/c1-4-6-8-10-12-14-18-25(19-15-13-11-9-7-5-2)22-16-17-23(24)21(3)20-22;1-3-15(19)23-7-5-21-13-9-12(18)14(10-11(13)17)22-6-8-24-16(20)4-2;7-5-3-4(9(10)11)1-2-6(5)8/h16-17,20H,4-15,18-19,24H2,1-3H3;3-4,9-10H,1-2,5-8,17-18H2;1-3H,8H2. The van der Waals surface area contributed by atoms with Crippen LogP contribution in [0.3, 0.4) is 0 Å². The SMILES string of the molecule is C=CC(=O)OCCOc1cc(N)c(OCCOC(=O)C=C)cc1N.CCCCCCCCN(CCCCCCCC)c1ccc(N)c(C)c1.Nc1ccc([N+](=O)[O-])cc1Cl. The molecule has 0 aliphatic rings. The number of non-ortho nitro benzene ring substituents is 1. The first-order valence-electron chi connectivity index (χ1n) is 20.6. The molecule has 14 nitrogen and oxygen atoms in total. The molecular formula is C45H67ClN6O8. The van der Waals surface area contributed by atoms with Crippen molar-refractivity contribution in [2.24, 2.45) is 0 Å². The Bertz CT molecular complexity index is 1690. The van der Waals surface area contributed by atoms with E-state index < -0.39 is 16.9 Å². The van der Waals surface area contributed by atoms with Crippen LogP contribution in [0.15, 0.2) is 73.8 Å². The zero-order valence-corrected chi connectivity index (χ0v) is 36.5. The largest absolute Gasteiger partial charge is 0.488 e. The van der Waals surface area contributed by atoms with Crippen LogP contribution >= 0.6 is 11.6 Å². The van der Waals surface area contributed by atoms with Gasteiger partial charge in [0.1, 0.15) is 37.9 Å². The Hall–Kier alpha value is -5.63. The van der Waals surface area contributed by atoms with Crippen molar-refractivity contribution in [2.75, 3.05) is 67.4 Å². The van der Waals surface area contributed by atoms with Crippen LogP contribution in [0.2, 0.25) is 5.02 Å². The Morgan fingerprint density at radius 2 is 1.12 bits per heavy atom. The lowest BCUT2D eigenvalue weighted by Crippen LogP contribution is -2.25. The first kappa shape index (κ1) is 52.4. The first-order valence-corrected chi connectivity index (χ1v) is 21.0. The number of nitrogens with two attached hydrogens (primary N) is 4. The number of unbranched alkanes of at least 4 members (excludes halogenated alkanes) is 10. The van der Waals surface area contributed by atoms with E-state index in [1.807, 2.05) is 0 Å². The van der Waals surface area contributed by atoms with Crippen molar-refractivity contribution in [1.82, 2.24) is 0 Å². The topological polar surface area (TPSA) is 222 Å². The number of carbonyl (C=O) groups excluding carboxylic acids is 2. The van der Waals surface area contributed by atoms with Gasteiger partial charge in [0.2, 0.25) is 0 Å². The molecule has 60 heavy (non-hydrogen) atoms. The monoisotopic (exact) mass is 854 g/mol. The molecule has 0 saturated heterocycles. The van der Waals surface area contributed by atoms with Gasteiger partial charge in [-0.25, -0.2) is 9.59 Å². The molecule has 0 spiro atoms. The van der Waals surface area contributed by atoms with E-state index in [1.54, 1.807) is 0 Å². The number of hydrogen-bond acceptors (Lipinski definition) is 13. The summed E-state index contributed by atoms with van der Waals surface area (Å²) < 4.78 is 20.3. The lowest BCUT2D eigenvalue weighted by Gasteiger charge is -2.26. The molecule has 0 amide bonds. The normalized spacial score (nSPS) is 10.2. The van der Waals surface area contributed by atoms with Crippen LogP contribution in [0.25, 0.3) is 0 Å². The molecule has 3 aromatic rings. The third kappa shape index (κ3) is 22.5. The lowest BCUT2D eigenvalue weighted by atomic mass is 10.1. The van der Waals surface area contributed by atoms with Crippen LogP contribution < -0.4 is 37.3 Å². The maximum atomic E-state index is 10.9. The molecule has 0 aliphatic heterocycles. The van der Waals surface area contributed by atoms with E-state index in [4.69, 9.17) is 53.5 Å². The van der Waals surface area contributed by atoms with Crippen LogP contribution in [0, 0.1) is 17.0 Å². The van der Waals surface area contributed by atoms with Crippen molar-refractivity contribution < 1.29 is 33.5 Å². The van der Waals surface area contributed by atoms with Crippen molar-refractivity contribution in [2.45, 2.75) is 97.8 Å². The second kappa shape index (κ2) is 31.3. The minimum atomic E-state index is -0.535. The molecule has 3 aromatic carbocycles. The fourth-order valence-corrected chi connectivity index (χ4v) is 5.74. The van der Waals surface area contributed by atoms with E-state index in [1.165, 1.54) is 132 Å². The third-order valence-corrected chi connectivity index (χ3v) is 9.35. The number of anilines is 5. The maximum Gasteiger partial charge on any atom is 0.330 e. The molecule has 0 aromatic heterocycles. The van der Waals surface area contributed by atoms with Gasteiger partial charge in [0.05, 0.1) is 27.0 Å². The van der Waals surface area contributed by atoms with Gasteiger partial charge in [0.25, 0.3) is 5.69 Å². The third-order valence-electron chi connectivity index (χ3n) is 9.02. The van der Waals surface area contributed by atoms with Gasteiger partial charge in [-0.2, -0.15) is 0 Å². The van der Waals surface area contributed by atoms with Gasteiger partial charge in [0, 0.05) is 60.9 Å². The number of nitrogens with zero attached hydrogens (tertiary/aromatic N) is 2. The number of rotatable bonds is 26. The molecule has 0 atom stereocenters. The molecule has 0 heterocycles. The quantitative estimate of drug-likeness (QED) is 0.0148. The predicted octanol–water partition coefficient (Wildman–Crippen LogP) is 10.0. The zero-order chi connectivity index (χ0) is 44.7. The highest BCUT2D eigenvalue weighted by Gasteiger charge is 2.11. The number of nitrogen functional groups attached to an aromatic ring is 4. The number of halogens is 1. The summed E-state index contributed by atoms with van der Waals surface area (Å²) >= 11 is 5.53. The molecule has 0 saturated carbocycles. The van der Waals surface area contributed by atoms with Gasteiger partial charge in [-0.3, -0.25) is 10.1 Å². The summed E-state index contributed by atoms with van der Waals surface area (Å²) in [6.45, 7) is 15.9. The fraction of sp³-hybridized carbons (Fsp3) is 0.467. The minimum absolute atomic E-state index is 0.0517. The van der Waals surface area contributed by atoms with E-state index in [-0.39, 0.29) is 37.1 Å². The average Bonchev–Trinajstić information content (AvgIpc) is 3.23. The number of esters is 2. The maximum absolute atomic E-state index is 10.9. The number of carbonyl (C=O) groups is 2. The molecule has 0 bridgehead atoms. The van der Waals surface area contributed by atoms with E-state index in [0.29, 0.717) is 28.6 Å². The van der Waals surface area contributed by atoms with Crippen molar-refractivity contribution in [3.05, 3.63) is 94.5 Å². The molecule has 3 rings (SSSR count). The van der Waals surface area contributed by atoms with E-state index in [2.05, 4.69) is 57.0 Å². The van der Waals surface area contributed by atoms with Crippen molar-refractivity contribution in [3.63, 3.8) is 0 Å². The molecule has 0 radical (unpaired) electrons. The highest BCUT2D eigenvalue weighted by atomic mass is 35.5. The zero-order valence-electron chi connectivity index (χ0n) is 35.8. The minimum Gasteiger partial charge on any atom is -0.488 e. The molecule has 15 heteroatoms. The van der Waals surface area contributed by atoms with Gasteiger partial charge in [-0.15, -0.1) is 0 Å². The molecule has 0 unspecified atom stereocenters. The molecular weight excluding hydrogens is 788 g/mol. The number of hydrogen-bond donors (Lipinski definition) is 4. The summed E-state index contributed by atoms with van der Waals surface area (Å²) in [6, 6.07) is 13.5. The summed E-state index contributed by atoms with van der Waals surface area (Å²) in [5.74, 6) is -0.390. The first-order chi connectivity index (χ1) is 28.8. The number of nitro groups is 1. The second-order valence-electron chi connectivity index (χ2n) is 13.9. The highest BCUT2D eigenvalue weighted by Crippen LogP contribution is 2.33. The summed E-state index contributed by atoms with van der Waals surface area (Å²) in [7, 11) is 0. The lowest BCUT2D eigenvalue weighted by molar-refractivity contribution is -0.384. The Morgan fingerprint density at radius 3 is 1.53 bits per heavy atom. The smallest absolute Gasteiger partial charge is 0.330 e. The number of nitro benzene ring substituents is 1. The Balaban J connectivity index is 0.000000482. The molecule has 0 aliphatic carbocycles. The second-order valence-corrected chi connectivity index (χ2v) is 14.3. The van der Waals surface area contributed by atoms with E-state index >= 15 is 0 Å². The van der Waals surface area contributed by atoms with Crippen LogP contribution in [0.4, 0.5) is 34.1 Å². The molecule has 0 fully saturated rings. The van der Waals surface area contributed by atoms with E-state index in [9.17, 15) is 19.7 Å². The fourth-order valence-electron chi connectivity index (χ4n) is 5.57. The average molecular weight is 856 g/mol. The molecule has 332 valence electrons. The Labute approximate surface area is 361 Å². The van der Waals surface area contributed by atoms with E-state index in [0.717, 1.165) is 17.8 Å². The summed E-state index contributed by atoms with van der Waals surface area (Å²) in [5.41, 5.74) is 27.4. The van der Waals surface area contributed by atoms with Crippen molar-refractivity contribution in [3.8, 4) is 11.5 Å². The highest BCUT2D eigenvalue weighted by molar-refractivity contribution is 6.33. The number of benzene rings is 3. The van der Waals surface area contributed by atoms with Crippen molar-refractivity contribution >= 4 is 57.7 Å². The van der Waals surface area contributed by atoms with Crippen LogP contribution in [-0.4, -0.2) is 56.4 Å². The van der Waals surface area contributed by atoms with Gasteiger partial charge in [0.15, 0.2) is 0 Å². The predicted molar refractivity (Wildman–Crippen MR) is 246 cm³/mol. The Morgan fingerprint density at radius 1 is 0.667 bits per heavy atom. The van der Waals surface area contributed by atoms with Crippen molar-refractivity contribution in [1.29, 1.82) is 0 Å². The van der Waals surface area contributed by atoms with Crippen LogP contribution in [0.5, 0.6) is 11.5 Å². The van der Waals surface area contributed by atoms with Crippen LogP contribution in [0.1, 0.15) is 96.5 Å². The van der Waals surface area contributed by atoms with Gasteiger partial charge in [-0.1, -0.05) is 103 Å². The summed E-state index contributed by atoms with van der Waals surface area (Å²) in [6.07, 6.45) is 18.5. The summed E-state index contributed by atoms with van der Waals surface area (Å²) in [5, 5.41) is 10.4. The van der Waals surface area contributed by atoms with Gasteiger partial charge in [-0.05, 0) is 49.6 Å². The Kier molecular flexibility index (Phi) is 27.3. The summed E-state index contributed by atoms with van der Waals surface area (Å²) in [4.78, 5) is 34.0.